The van der Waals surface area contributed by atoms with Crippen molar-refractivity contribution >= 4 is 0 Å². The highest BCUT2D eigenvalue weighted by molar-refractivity contribution is 5.58. The van der Waals surface area contributed by atoms with E-state index in [9.17, 15) is 0 Å². The van der Waals surface area contributed by atoms with Gasteiger partial charge in [0.15, 0.2) is 5.76 Å². The lowest BCUT2D eigenvalue weighted by Gasteiger charge is -2.14. The van der Waals surface area contributed by atoms with Gasteiger partial charge in [0.05, 0.1) is 11.9 Å². The third-order valence-corrected chi connectivity index (χ3v) is 4.49. The van der Waals surface area contributed by atoms with Crippen molar-refractivity contribution in [1.29, 1.82) is 0 Å². The molecule has 0 radical (unpaired) electrons. The lowest BCUT2D eigenvalue weighted by molar-refractivity contribution is 0.263. The molecule has 6 heteroatoms. The van der Waals surface area contributed by atoms with Crippen molar-refractivity contribution in [2.24, 2.45) is 11.8 Å². The van der Waals surface area contributed by atoms with Crippen molar-refractivity contribution in [2.45, 2.75) is 18.9 Å². The molecule has 2 aromatic heterocycles. The molecule has 1 saturated carbocycles. The number of hydrogen-bond donors (Lipinski definition) is 2. The topological polar surface area (TPSA) is 80.4 Å². The van der Waals surface area contributed by atoms with Crippen LogP contribution in [0.1, 0.15) is 12.1 Å². The van der Waals surface area contributed by atoms with Gasteiger partial charge in [-0.3, -0.25) is 4.98 Å². The van der Waals surface area contributed by atoms with E-state index in [2.05, 4.69) is 15.5 Å². The van der Waals surface area contributed by atoms with Gasteiger partial charge in [0.1, 0.15) is 12.4 Å². The molecule has 2 aliphatic rings. The molecule has 6 nitrogen and oxygen atoms in total. The Balaban J connectivity index is 1.42. The van der Waals surface area contributed by atoms with Gasteiger partial charge in [0, 0.05) is 36.9 Å². The van der Waals surface area contributed by atoms with E-state index in [1.165, 1.54) is 6.42 Å². The highest BCUT2D eigenvalue weighted by atomic mass is 16.5. The largest absolute Gasteiger partial charge is 0.490 e. The second kappa shape index (κ2) is 5.70. The molecule has 3 atom stereocenters. The average molecular weight is 301 g/mol. The van der Waals surface area contributed by atoms with E-state index in [-0.39, 0.29) is 6.61 Å². The van der Waals surface area contributed by atoms with Crippen molar-refractivity contribution in [3.63, 3.8) is 0 Å². The molecule has 0 amide bonds. The lowest BCUT2D eigenvalue weighted by Crippen LogP contribution is -2.32. The predicted octanol–water partition coefficient (Wildman–Crippen LogP) is 1.26. The summed E-state index contributed by atoms with van der Waals surface area (Å²) in [5.74, 6) is 3.05. The molecule has 0 aromatic carbocycles. The fourth-order valence-corrected chi connectivity index (χ4v) is 3.13. The number of piperidine rings is 1. The molecule has 0 spiro atoms. The lowest BCUT2D eigenvalue weighted by atomic mass is 10.2. The molecule has 1 aliphatic heterocycles. The van der Waals surface area contributed by atoms with Gasteiger partial charge in [0.25, 0.3) is 0 Å². The number of pyridine rings is 1. The van der Waals surface area contributed by atoms with Crippen LogP contribution in [0.3, 0.4) is 0 Å². The van der Waals surface area contributed by atoms with Crippen LogP contribution in [0.15, 0.2) is 29.0 Å². The smallest absolute Gasteiger partial charge is 0.168 e. The van der Waals surface area contributed by atoms with Crippen molar-refractivity contribution in [3.05, 3.63) is 30.2 Å². The Hall–Kier alpha value is -1.92. The fourth-order valence-electron chi connectivity index (χ4n) is 3.13. The molecule has 1 saturated heterocycles. The number of hydrogen-bond acceptors (Lipinski definition) is 6. The van der Waals surface area contributed by atoms with Crippen LogP contribution < -0.4 is 10.1 Å². The second-order valence-corrected chi connectivity index (χ2v) is 6.05. The minimum Gasteiger partial charge on any atom is -0.490 e. The minimum absolute atomic E-state index is 0.0594. The van der Waals surface area contributed by atoms with E-state index >= 15 is 0 Å². The number of fused-ring (bicyclic) bond motifs is 1. The SMILES string of the molecule is OCCc1cc(-c2cncc(OC[C@H]3NC[C@@H]4C[C@@H]43)c2)on1. The summed E-state index contributed by atoms with van der Waals surface area (Å²) in [6, 6.07) is 4.20. The maximum Gasteiger partial charge on any atom is 0.168 e. The minimum atomic E-state index is 0.0594. The first-order valence-electron chi connectivity index (χ1n) is 7.71. The Labute approximate surface area is 128 Å². The fraction of sp³-hybridized carbons (Fsp3) is 0.500. The van der Waals surface area contributed by atoms with Gasteiger partial charge in [-0.1, -0.05) is 5.16 Å². The van der Waals surface area contributed by atoms with E-state index in [1.807, 2.05) is 12.1 Å². The van der Waals surface area contributed by atoms with E-state index in [0.29, 0.717) is 24.8 Å². The number of rotatable bonds is 6. The summed E-state index contributed by atoms with van der Waals surface area (Å²) >= 11 is 0. The van der Waals surface area contributed by atoms with E-state index < -0.39 is 0 Å². The first-order valence-corrected chi connectivity index (χ1v) is 7.71. The molecule has 2 N–H and O–H groups in total. The predicted molar refractivity (Wildman–Crippen MR) is 79.4 cm³/mol. The molecule has 0 bridgehead atoms. The monoisotopic (exact) mass is 301 g/mol. The number of ether oxygens (including phenoxy) is 1. The zero-order chi connectivity index (χ0) is 14.9. The molecule has 22 heavy (non-hydrogen) atoms. The maximum absolute atomic E-state index is 8.92. The molecule has 1 aliphatic carbocycles. The number of aliphatic hydroxyl groups is 1. The first-order chi connectivity index (χ1) is 10.8. The first kappa shape index (κ1) is 13.7. The highest BCUT2D eigenvalue weighted by Crippen LogP contribution is 2.45. The zero-order valence-corrected chi connectivity index (χ0v) is 12.2. The average Bonchev–Trinajstić information content (AvgIpc) is 2.99. The molecule has 116 valence electrons. The van der Waals surface area contributed by atoms with Gasteiger partial charge in [0.2, 0.25) is 0 Å². The van der Waals surface area contributed by atoms with Crippen LogP contribution >= 0.6 is 0 Å². The Morgan fingerprint density at radius 1 is 1.36 bits per heavy atom. The van der Waals surface area contributed by atoms with Gasteiger partial charge in [-0.15, -0.1) is 0 Å². The number of aliphatic hydroxyl groups excluding tert-OH is 1. The summed E-state index contributed by atoms with van der Waals surface area (Å²) in [6.07, 6.45) is 5.27. The van der Waals surface area contributed by atoms with Gasteiger partial charge in [-0.25, -0.2) is 0 Å². The van der Waals surface area contributed by atoms with Crippen molar-refractivity contribution in [3.8, 4) is 17.1 Å². The van der Waals surface area contributed by atoms with Crippen molar-refractivity contribution in [2.75, 3.05) is 19.8 Å². The third kappa shape index (κ3) is 2.71. The Kier molecular flexibility index (Phi) is 3.56. The van der Waals surface area contributed by atoms with Crippen LogP contribution in [0.2, 0.25) is 0 Å². The summed E-state index contributed by atoms with van der Waals surface area (Å²) in [5, 5.41) is 16.3. The maximum atomic E-state index is 8.92. The van der Waals surface area contributed by atoms with E-state index in [4.69, 9.17) is 14.4 Å². The van der Waals surface area contributed by atoms with Crippen LogP contribution in [-0.2, 0) is 6.42 Å². The van der Waals surface area contributed by atoms with Crippen LogP contribution in [0.5, 0.6) is 5.75 Å². The third-order valence-electron chi connectivity index (χ3n) is 4.49. The molecule has 2 aromatic rings. The van der Waals surface area contributed by atoms with Crippen molar-refractivity contribution < 1.29 is 14.4 Å². The summed E-state index contributed by atoms with van der Waals surface area (Å²) in [6.45, 7) is 1.87. The molecular weight excluding hydrogens is 282 g/mol. The molecule has 2 fully saturated rings. The van der Waals surface area contributed by atoms with Crippen LogP contribution in [0.25, 0.3) is 11.3 Å². The van der Waals surface area contributed by atoms with Gasteiger partial charge in [-0.05, 0) is 30.9 Å². The molecule has 4 rings (SSSR count). The van der Waals surface area contributed by atoms with Crippen molar-refractivity contribution in [1.82, 2.24) is 15.5 Å². The van der Waals surface area contributed by atoms with Gasteiger partial charge < -0.3 is 19.7 Å². The van der Waals surface area contributed by atoms with Crippen LogP contribution in [0.4, 0.5) is 0 Å². The molecular formula is C16H19N3O3. The standard InChI is InChI=1S/C16H19N3O3/c20-2-1-12-5-16(22-19-12)11-3-13(8-17-6-11)21-9-15-14-4-10(14)7-18-15/h3,5-6,8,10,14-15,18,20H,1-2,4,7,9H2/t10-,14-,15+/m0/s1. The summed E-state index contributed by atoms with van der Waals surface area (Å²) in [7, 11) is 0. The summed E-state index contributed by atoms with van der Waals surface area (Å²) < 4.78 is 11.2. The summed E-state index contributed by atoms with van der Waals surface area (Å²) in [5.41, 5.74) is 1.57. The Bertz CT molecular complexity index is 658. The molecule has 3 heterocycles. The van der Waals surface area contributed by atoms with Gasteiger partial charge in [-0.2, -0.15) is 0 Å². The van der Waals surface area contributed by atoms with E-state index in [0.717, 1.165) is 35.4 Å². The summed E-state index contributed by atoms with van der Waals surface area (Å²) in [4.78, 5) is 4.21. The van der Waals surface area contributed by atoms with Gasteiger partial charge >= 0.3 is 0 Å². The Morgan fingerprint density at radius 3 is 3.09 bits per heavy atom. The Morgan fingerprint density at radius 2 is 2.32 bits per heavy atom. The number of aromatic nitrogens is 2. The highest BCUT2D eigenvalue weighted by Gasteiger charge is 2.48. The second-order valence-electron chi connectivity index (χ2n) is 6.05. The molecule has 0 unspecified atom stereocenters. The number of nitrogens with zero attached hydrogens (tertiary/aromatic N) is 2. The number of nitrogens with one attached hydrogen (secondary N) is 1. The normalized spacial score (nSPS) is 26.0. The van der Waals surface area contributed by atoms with E-state index in [1.54, 1.807) is 12.4 Å². The zero-order valence-electron chi connectivity index (χ0n) is 12.2. The quantitative estimate of drug-likeness (QED) is 0.836. The van der Waals surface area contributed by atoms with Crippen LogP contribution in [0, 0.1) is 11.8 Å². The van der Waals surface area contributed by atoms with Crippen LogP contribution in [-0.4, -0.2) is 41.0 Å².